The van der Waals surface area contributed by atoms with Crippen molar-refractivity contribution in [1.29, 1.82) is 0 Å². The summed E-state index contributed by atoms with van der Waals surface area (Å²) < 4.78 is 34.2. The van der Waals surface area contributed by atoms with E-state index in [1.54, 1.807) is 23.5 Å². The highest BCUT2D eigenvalue weighted by Gasteiger charge is 2.11. The van der Waals surface area contributed by atoms with E-state index in [1.165, 1.54) is 13.2 Å². The molecule has 2 aromatic rings. The Labute approximate surface area is 137 Å². The fourth-order valence-corrected chi connectivity index (χ4v) is 2.72. The zero-order chi connectivity index (χ0) is 16.7. The summed E-state index contributed by atoms with van der Waals surface area (Å²) in [5.74, 6) is 0.168. The highest BCUT2D eigenvalue weighted by Crippen LogP contribution is 2.29. The van der Waals surface area contributed by atoms with Crippen LogP contribution in [-0.2, 0) is 17.6 Å². The number of halogens is 2. The first-order valence-corrected chi connectivity index (χ1v) is 7.92. The molecule has 0 saturated heterocycles. The monoisotopic (exact) mass is 341 g/mol. The molecular weight excluding hydrogens is 324 g/mol. The van der Waals surface area contributed by atoms with Gasteiger partial charge >= 0.3 is 6.61 Å². The van der Waals surface area contributed by atoms with Crippen LogP contribution in [0.4, 0.5) is 8.78 Å². The van der Waals surface area contributed by atoms with Gasteiger partial charge in [-0.3, -0.25) is 4.79 Å². The van der Waals surface area contributed by atoms with Gasteiger partial charge in [-0.05, 0) is 46.5 Å². The fourth-order valence-electron chi connectivity index (χ4n) is 2.05. The van der Waals surface area contributed by atoms with Crippen LogP contribution in [0.1, 0.15) is 11.1 Å². The summed E-state index contributed by atoms with van der Waals surface area (Å²) in [6.45, 7) is -2.49. The summed E-state index contributed by atoms with van der Waals surface area (Å²) in [6, 6.07) is 6.72. The molecule has 0 bridgehead atoms. The van der Waals surface area contributed by atoms with Crippen molar-refractivity contribution in [3.05, 3.63) is 46.2 Å². The number of carbonyl (C=O) groups excluding carboxylic acids is 1. The van der Waals surface area contributed by atoms with Crippen molar-refractivity contribution in [1.82, 2.24) is 5.32 Å². The van der Waals surface area contributed by atoms with Crippen molar-refractivity contribution in [3.8, 4) is 11.5 Å². The molecule has 0 aliphatic rings. The Morgan fingerprint density at radius 3 is 2.74 bits per heavy atom. The summed E-state index contributed by atoms with van der Waals surface area (Å²) >= 11 is 1.55. The van der Waals surface area contributed by atoms with Crippen molar-refractivity contribution >= 4 is 17.2 Å². The molecule has 7 heteroatoms. The van der Waals surface area contributed by atoms with E-state index in [-0.39, 0.29) is 17.4 Å². The number of ether oxygens (including phenoxy) is 2. The van der Waals surface area contributed by atoms with E-state index in [0.717, 1.165) is 11.1 Å². The first-order chi connectivity index (χ1) is 11.1. The van der Waals surface area contributed by atoms with E-state index in [2.05, 4.69) is 10.1 Å². The van der Waals surface area contributed by atoms with Gasteiger partial charge in [0.2, 0.25) is 5.91 Å². The molecule has 0 unspecified atom stereocenters. The highest BCUT2D eigenvalue weighted by atomic mass is 32.1. The first kappa shape index (κ1) is 17.2. The third kappa shape index (κ3) is 5.52. The molecule has 4 nitrogen and oxygen atoms in total. The first-order valence-electron chi connectivity index (χ1n) is 6.98. The summed E-state index contributed by atoms with van der Waals surface area (Å²) in [5, 5.41) is 6.65. The molecule has 0 aliphatic heterocycles. The minimum atomic E-state index is -2.91. The third-order valence-corrected chi connectivity index (χ3v) is 3.86. The number of carbonyl (C=O) groups is 1. The van der Waals surface area contributed by atoms with Gasteiger partial charge < -0.3 is 14.8 Å². The molecular formula is C16H17F2NO3S. The Bertz CT molecular complexity index is 632. The molecule has 1 N–H and O–H groups in total. The topological polar surface area (TPSA) is 47.6 Å². The fraction of sp³-hybridized carbons (Fsp3) is 0.312. The lowest BCUT2D eigenvalue weighted by Gasteiger charge is -2.11. The smallest absolute Gasteiger partial charge is 0.387 e. The predicted octanol–water partition coefficient (Wildman–Crippen LogP) is 3.26. The Hall–Kier alpha value is -2.15. The lowest BCUT2D eigenvalue weighted by molar-refractivity contribution is -0.120. The van der Waals surface area contributed by atoms with Crippen LogP contribution < -0.4 is 14.8 Å². The van der Waals surface area contributed by atoms with Crippen molar-refractivity contribution in [3.63, 3.8) is 0 Å². The molecule has 124 valence electrons. The Kier molecular flexibility index (Phi) is 6.34. The number of rotatable bonds is 8. The van der Waals surface area contributed by atoms with Gasteiger partial charge in [0.15, 0.2) is 11.5 Å². The van der Waals surface area contributed by atoms with E-state index in [1.807, 2.05) is 16.8 Å². The molecule has 1 heterocycles. The van der Waals surface area contributed by atoms with Crippen molar-refractivity contribution in [2.75, 3.05) is 13.7 Å². The van der Waals surface area contributed by atoms with Crippen LogP contribution in [0.15, 0.2) is 35.0 Å². The summed E-state index contributed by atoms with van der Waals surface area (Å²) in [5.41, 5.74) is 1.75. The van der Waals surface area contributed by atoms with Crippen LogP contribution in [0.3, 0.4) is 0 Å². The van der Waals surface area contributed by atoms with Crippen molar-refractivity contribution < 1.29 is 23.0 Å². The van der Waals surface area contributed by atoms with Crippen LogP contribution in [0, 0.1) is 0 Å². The van der Waals surface area contributed by atoms with Crippen molar-refractivity contribution in [2.45, 2.75) is 19.5 Å². The normalized spacial score (nSPS) is 10.6. The number of nitrogens with one attached hydrogen (secondary N) is 1. The molecule has 0 saturated carbocycles. The molecule has 1 aromatic carbocycles. The van der Waals surface area contributed by atoms with Crippen LogP contribution in [0.5, 0.6) is 11.5 Å². The SMILES string of the molecule is COc1ccc(CCNC(=O)Cc2ccsc2)cc1OC(F)F. The van der Waals surface area contributed by atoms with Gasteiger partial charge in [0.25, 0.3) is 0 Å². The number of hydrogen-bond acceptors (Lipinski definition) is 4. The van der Waals surface area contributed by atoms with E-state index < -0.39 is 6.61 Å². The number of amides is 1. The Morgan fingerprint density at radius 2 is 2.09 bits per heavy atom. The van der Waals surface area contributed by atoms with Crippen molar-refractivity contribution in [2.24, 2.45) is 0 Å². The maximum atomic E-state index is 12.4. The molecule has 1 amide bonds. The van der Waals surface area contributed by atoms with Gasteiger partial charge in [0.05, 0.1) is 13.5 Å². The second-order valence-corrected chi connectivity index (χ2v) is 5.55. The number of benzene rings is 1. The van der Waals surface area contributed by atoms with Gasteiger partial charge in [-0.15, -0.1) is 0 Å². The molecule has 23 heavy (non-hydrogen) atoms. The summed E-state index contributed by atoms with van der Waals surface area (Å²) in [7, 11) is 1.39. The zero-order valence-electron chi connectivity index (χ0n) is 12.6. The number of alkyl halides is 2. The van der Waals surface area contributed by atoms with Crippen LogP contribution in [0.25, 0.3) is 0 Å². The van der Waals surface area contributed by atoms with Gasteiger partial charge in [-0.25, -0.2) is 0 Å². The van der Waals surface area contributed by atoms with E-state index in [0.29, 0.717) is 19.4 Å². The van der Waals surface area contributed by atoms with Crippen LogP contribution in [0.2, 0.25) is 0 Å². The minimum Gasteiger partial charge on any atom is -0.493 e. The zero-order valence-corrected chi connectivity index (χ0v) is 13.4. The molecule has 0 spiro atoms. The maximum absolute atomic E-state index is 12.4. The molecule has 0 radical (unpaired) electrons. The van der Waals surface area contributed by atoms with Gasteiger partial charge in [0.1, 0.15) is 0 Å². The Balaban J connectivity index is 1.86. The number of methoxy groups -OCH3 is 1. The third-order valence-electron chi connectivity index (χ3n) is 3.12. The van der Waals surface area contributed by atoms with E-state index in [4.69, 9.17) is 4.74 Å². The van der Waals surface area contributed by atoms with Gasteiger partial charge in [0, 0.05) is 6.54 Å². The van der Waals surface area contributed by atoms with Gasteiger partial charge in [-0.1, -0.05) is 6.07 Å². The molecule has 1 aromatic heterocycles. The minimum absolute atomic E-state index is 0.00963. The quantitative estimate of drug-likeness (QED) is 0.802. The van der Waals surface area contributed by atoms with E-state index >= 15 is 0 Å². The molecule has 0 atom stereocenters. The highest BCUT2D eigenvalue weighted by molar-refractivity contribution is 7.07. The average Bonchev–Trinajstić information content (AvgIpc) is 3.00. The van der Waals surface area contributed by atoms with Crippen LogP contribution in [-0.4, -0.2) is 26.2 Å². The molecule has 0 fully saturated rings. The molecule has 0 aliphatic carbocycles. The predicted molar refractivity (Wildman–Crippen MR) is 84.4 cm³/mol. The largest absolute Gasteiger partial charge is 0.493 e. The average molecular weight is 341 g/mol. The standard InChI is InChI=1S/C16H17F2NO3S/c1-21-13-3-2-11(8-14(13)22-16(17)18)4-6-19-15(20)9-12-5-7-23-10-12/h2-3,5,7-8,10,16H,4,6,9H2,1H3,(H,19,20). The Morgan fingerprint density at radius 1 is 1.26 bits per heavy atom. The van der Waals surface area contributed by atoms with E-state index in [9.17, 15) is 13.6 Å². The lowest BCUT2D eigenvalue weighted by atomic mass is 10.1. The summed E-state index contributed by atoms with van der Waals surface area (Å²) in [6.07, 6.45) is 0.852. The van der Waals surface area contributed by atoms with Gasteiger partial charge in [-0.2, -0.15) is 20.1 Å². The second kappa shape index (κ2) is 8.47. The number of thiophene rings is 1. The summed E-state index contributed by atoms with van der Waals surface area (Å²) in [4.78, 5) is 11.8. The second-order valence-electron chi connectivity index (χ2n) is 4.77. The van der Waals surface area contributed by atoms with Crippen LogP contribution >= 0.6 is 11.3 Å². The lowest BCUT2D eigenvalue weighted by Crippen LogP contribution is -2.27. The maximum Gasteiger partial charge on any atom is 0.387 e. The molecule has 2 rings (SSSR count). The number of hydrogen-bond donors (Lipinski definition) is 1.